The van der Waals surface area contributed by atoms with Gasteiger partial charge in [-0.1, -0.05) is 43.0 Å². The average Bonchev–Trinajstić information content (AvgIpc) is 2.55. The first-order chi connectivity index (χ1) is 11.0. The van der Waals surface area contributed by atoms with Gasteiger partial charge in [0, 0.05) is 18.3 Å². The Hall–Kier alpha value is -2.68. The summed E-state index contributed by atoms with van der Waals surface area (Å²) in [7, 11) is 1.78. The number of nitrogens with zero attached hydrogens (tertiary/aromatic N) is 1. The Morgan fingerprint density at radius 1 is 0.913 bits per heavy atom. The SMILES string of the molecule is C=C1C(C)=CC(c2ccccc2)=C(c2c(F)cccc2F)N1C. The van der Waals surface area contributed by atoms with Crippen LogP contribution in [0.25, 0.3) is 11.3 Å². The Morgan fingerprint density at radius 2 is 1.52 bits per heavy atom. The van der Waals surface area contributed by atoms with Crippen molar-refractivity contribution in [3.05, 3.63) is 95.2 Å². The van der Waals surface area contributed by atoms with Gasteiger partial charge in [-0.25, -0.2) is 8.78 Å². The average molecular weight is 309 g/mol. The molecule has 0 saturated carbocycles. The molecular weight excluding hydrogens is 292 g/mol. The van der Waals surface area contributed by atoms with Crippen molar-refractivity contribution in [1.29, 1.82) is 0 Å². The highest BCUT2D eigenvalue weighted by Crippen LogP contribution is 2.39. The zero-order valence-electron chi connectivity index (χ0n) is 13.1. The van der Waals surface area contributed by atoms with E-state index in [0.717, 1.165) is 22.4 Å². The van der Waals surface area contributed by atoms with Gasteiger partial charge < -0.3 is 4.90 Å². The van der Waals surface area contributed by atoms with Gasteiger partial charge in [-0.05, 0) is 36.3 Å². The molecule has 0 N–H and O–H groups in total. The first-order valence-electron chi connectivity index (χ1n) is 7.36. The van der Waals surface area contributed by atoms with Gasteiger partial charge in [0.15, 0.2) is 0 Å². The zero-order valence-corrected chi connectivity index (χ0v) is 13.1. The summed E-state index contributed by atoms with van der Waals surface area (Å²) >= 11 is 0. The summed E-state index contributed by atoms with van der Waals surface area (Å²) in [5.74, 6) is -1.16. The van der Waals surface area contributed by atoms with E-state index < -0.39 is 11.6 Å². The van der Waals surface area contributed by atoms with Crippen LogP contribution < -0.4 is 0 Å². The van der Waals surface area contributed by atoms with Crippen molar-refractivity contribution >= 4 is 11.3 Å². The van der Waals surface area contributed by atoms with Crippen LogP contribution in [0.1, 0.15) is 18.1 Å². The highest BCUT2D eigenvalue weighted by Gasteiger charge is 2.26. The molecule has 0 radical (unpaired) electrons. The van der Waals surface area contributed by atoms with Gasteiger partial charge in [-0.15, -0.1) is 0 Å². The van der Waals surface area contributed by atoms with Gasteiger partial charge in [0.25, 0.3) is 0 Å². The number of benzene rings is 2. The molecule has 0 fully saturated rings. The van der Waals surface area contributed by atoms with Gasteiger partial charge in [0.05, 0.1) is 11.3 Å². The van der Waals surface area contributed by atoms with Crippen LogP contribution in [0.2, 0.25) is 0 Å². The molecule has 0 saturated heterocycles. The zero-order chi connectivity index (χ0) is 16.6. The summed E-state index contributed by atoms with van der Waals surface area (Å²) in [5.41, 5.74) is 3.83. The molecule has 0 atom stereocenters. The van der Waals surface area contributed by atoms with Crippen molar-refractivity contribution < 1.29 is 8.78 Å². The Kier molecular flexibility index (Phi) is 3.87. The van der Waals surface area contributed by atoms with Crippen molar-refractivity contribution in [1.82, 2.24) is 4.90 Å². The topological polar surface area (TPSA) is 3.24 Å². The van der Waals surface area contributed by atoms with Gasteiger partial charge in [0.2, 0.25) is 0 Å². The van der Waals surface area contributed by atoms with Crippen molar-refractivity contribution in [3.8, 4) is 0 Å². The fourth-order valence-electron chi connectivity index (χ4n) is 2.81. The highest BCUT2D eigenvalue weighted by atomic mass is 19.1. The third-order valence-corrected chi connectivity index (χ3v) is 4.10. The first kappa shape index (κ1) is 15.2. The second-order valence-electron chi connectivity index (χ2n) is 5.56. The standard InChI is InChI=1S/C20H17F2N/c1-13-12-16(15-8-5-4-6-9-15)20(23(3)14(13)2)19-17(21)10-7-11-18(19)22/h4-12H,2H2,1,3H3. The van der Waals surface area contributed by atoms with Gasteiger partial charge >= 0.3 is 0 Å². The number of rotatable bonds is 2. The molecule has 116 valence electrons. The third-order valence-electron chi connectivity index (χ3n) is 4.10. The normalized spacial score (nSPS) is 15.0. The van der Waals surface area contributed by atoms with Gasteiger partial charge in [-0.2, -0.15) is 0 Å². The summed E-state index contributed by atoms with van der Waals surface area (Å²) in [6.07, 6.45) is 1.93. The molecule has 2 aromatic rings. The quantitative estimate of drug-likeness (QED) is 0.733. The third kappa shape index (κ3) is 2.59. The van der Waals surface area contributed by atoms with E-state index >= 15 is 0 Å². The van der Waals surface area contributed by atoms with E-state index in [9.17, 15) is 8.78 Å². The van der Waals surface area contributed by atoms with Crippen LogP contribution in [-0.4, -0.2) is 11.9 Å². The molecule has 1 heterocycles. The molecule has 23 heavy (non-hydrogen) atoms. The molecule has 0 unspecified atom stereocenters. The Bertz CT molecular complexity index is 812. The highest BCUT2D eigenvalue weighted by molar-refractivity contribution is 5.97. The van der Waals surface area contributed by atoms with E-state index in [1.54, 1.807) is 11.9 Å². The molecule has 3 rings (SSSR count). The van der Waals surface area contributed by atoms with E-state index in [4.69, 9.17) is 0 Å². The molecule has 0 bridgehead atoms. The van der Waals surface area contributed by atoms with Gasteiger partial charge in [0.1, 0.15) is 11.6 Å². The summed E-state index contributed by atoms with van der Waals surface area (Å²) in [6.45, 7) is 5.96. The molecule has 0 aromatic heterocycles. The minimum atomic E-state index is -0.582. The fourth-order valence-corrected chi connectivity index (χ4v) is 2.81. The minimum Gasteiger partial charge on any atom is -0.344 e. The number of hydrogen-bond acceptors (Lipinski definition) is 1. The summed E-state index contributed by atoms with van der Waals surface area (Å²) in [5, 5.41) is 0. The van der Waals surface area contributed by atoms with Gasteiger partial charge in [-0.3, -0.25) is 0 Å². The van der Waals surface area contributed by atoms with Crippen LogP contribution in [0.15, 0.2) is 72.5 Å². The van der Waals surface area contributed by atoms with E-state index in [1.807, 2.05) is 43.3 Å². The molecule has 1 nitrogen and oxygen atoms in total. The lowest BCUT2D eigenvalue weighted by Crippen LogP contribution is -2.22. The Balaban J connectivity index is 2.36. The van der Waals surface area contributed by atoms with Crippen LogP contribution in [-0.2, 0) is 0 Å². The van der Waals surface area contributed by atoms with E-state index in [0.29, 0.717) is 5.70 Å². The maximum atomic E-state index is 14.4. The van der Waals surface area contributed by atoms with Crippen molar-refractivity contribution in [3.63, 3.8) is 0 Å². The largest absolute Gasteiger partial charge is 0.344 e. The molecule has 0 amide bonds. The van der Waals surface area contributed by atoms with E-state index in [-0.39, 0.29) is 5.56 Å². The fraction of sp³-hybridized carbons (Fsp3) is 0.100. The minimum absolute atomic E-state index is 0.0289. The maximum Gasteiger partial charge on any atom is 0.135 e. The molecule has 2 aromatic carbocycles. The number of hydrogen-bond donors (Lipinski definition) is 0. The number of likely N-dealkylation sites (N-methyl/N-ethyl adjacent to an activating group) is 1. The summed E-state index contributed by atoms with van der Waals surface area (Å²) in [6, 6.07) is 13.5. The predicted octanol–water partition coefficient (Wildman–Crippen LogP) is 5.24. The van der Waals surface area contributed by atoms with Crippen LogP contribution in [0.4, 0.5) is 8.78 Å². The lowest BCUT2D eigenvalue weighted by molar-refractivity contribution is 0.548. The maximum absolute atomic E-state index is 14.4. The van der Waals surface area contributed by atoms with Crippen molar-refractivity contribution in [2.45, 2.75) is 6.92 Å². The predicted molar refractivity (Wildman–Crippen MR) is 90.3 cm³/mol. The van der Waals surface area contributed by atoms with Crippen LogP contribution in [0.3, 0.4) is 0 Å². The lowest BCUT2D eigenvalue weighted by Gasteiger charge is -2.32. The first-order valence-corrected chi connectivity index (χ1v) is 7.36. The summed E-state index contributed by atoms with van der Waals surface area (Å²) in [4.78, 5) is 1.75. The van der Waals surface area contributed by atoms with Crippen LogP contribution >= 0.6 is 0 Å². The molecule has 0 spiro atoms. The monoisotopic (exact) mass is 309 g/mol. The molecule has 3 heteroatoms. The smallest absolute Gasteiger partial charge is 0.135 e. The molecular formula is C20H17F2N. The second kappa shape index (κ2) is 5.84. The number of halogens is 2. The van der Waals surface area contributed by atoms with E-state index in [2.05, 4.69) is 6.58 Å². The Labute approximate surface area is 134 Å². The molecule has 0 aliphatic carbocycles. The molecule has 1 aliphatic rings. The second-order valence-corrected chi connectivity index (χ2v) is 5.56. The molecule has 1 aliphatic heterocycles. The van der Waals surface area contributed by atoms with Crippen LogP contribution in [0.5, 0.6) is 0 Å². The summed E-state index contributed by atoms with van der Waals surface area (Å²) < 4.78 is 28.7. The lowest BCUT2D eigenvalue weighted by atomic mass is 9.92. The van der Waals surface area contributed by atoms with Crippen molar-refractivity contribution in [2.24, 2.45) is 0 Å². The Morgan fingerprint density at radius 3 is 2.13 bits per heavy atom. The number of allylic oxidation sites excluding steroid dienone is 3. The van der Waals surface area contributed by atoms with Crippen LogP contribution in [0, 0.1) is 11.6 Å². The van der Waals surface area contributed by atoms with Crippen molar-refractivity contribution in [2.75, 3.05) is 7.05 Å². The van der Waals surface area contributed by atoms with E-state index in [1.165, 1.54) is 18.2 Å².